The summed E-state index contributed by atoms with van der Waals surface area (Å²) in [6.45, 7) is 1.67. The molecule has 1 aromatic carbocycles. The summed E-state index contributed by atoms with van der Waals surface area (Å²) >= 11 is 3.34. The first-order valence-corrected chi connectivity index (χ1v) is 7.63. The first-order valence-electron chi connectivity index (χ1n) is 6.83. The molecule has 0 saturated carbocycles. The SMILES string of the molecule is C/C(CC(=O)Nc1cccc(Br)c1)=N\NC(=O)c1cccnc1. The van der Waals surface area contributed by atoms with E-state index in [0.717, 1.165) is 4.47 Å². The van der Waals surface area contributed by atoms with E-state index >= 15 is 0 Å². The Kier molecular flexibility index (Phi) is 5.99. The van der Waals surface area contributed by atoms with Gasteiger partial charge in [-0.3, -0.25) is 14.6 Å². The summed E-state index contributed by atoms with van der Waals surface area (Å²) in [5, 5.41) is 6.68. The molecule has 0 spiro atoms. The molecule has 0 bridgehead atoms. The zero-order valence-electron chi connectivity index (χ0n) is 12.4. The third kappa shape index (κ3) is 5.63. The molecule has 0 aliphatic rings. The molecule has 2 rings (SSSR count). The number of amides is 2. The maximum Gasteiger partial charge on any atom is 0.272 e. The minimum Gasteiger partial charge on any atom is -0.326 e. The number of hydrogen-bond donors (Lipinski definition) is 2. The molecular weight excluding hydrogens is 360 g/mol. The highest BCUT2D eigenvalue weighted by Gasteiger charge is 2.07. The van der Waals surface area contributed by atoms with E-state index in [9.17, 15) is 9.59 Å². The molecular formula is C16H15BrN4O2. The van der Waals surface area contributed by atoms with Crippen molar-refractivity contribution >= 4 is 39.1 Å². The maximum absolute atomic E-state index is 11.9. The molecule has 1 heterocycles. The smallest absolute Gasteiger partial charge is 0.272 e. The molecule has 0 unspecified atom stereocenters. The number of hydrazone groups is 1. The van der Waals surface area contributed by atoms with Gasteiger partial charge in [0, 0.05) is 28.3 Å². The van der Waals surface area contributed by atoms with Crippen LogP contribution in [0.5, 0.6) is 0 Å². The van der Waals surface area contributed by atoms with Crippen molar-refractivity contribution < 1.29 is 9.59 Å². The molecule has 0 saturated heterocycles. The molecule has 7 heteroatoms. The fourth-order valence-electron chi connectivity index (χ4n) is 1.75. The number of pyridine rings is 1. The molecule has 0 fully saturated rings. The first kappa shape index (κ1) is 16.8. The lowest BCUT2D eigenvalue weighted by molar-refractivity contribution is -0.115. The lowest BCUT2D eigenvalue weighted by atomic mass is 10.2. The molecule has 6 nitrogen and oxygen atoms in total. The highest BCUT2D eigenvalue weighted by molar-refractivity contribution is 9.10. The number of anilines is 1. The van der Waals surface area contributed by atoms with Crippen LogP contribution in [-0.4, -0.2) is 22.5 Å². The summed E-state index contributed by atoms with van der Waals surface area (Å²) in [6.07, 6.45) is 3.11. The molecule has 2 N–H and O–H groups in total. The van der Waals surface area contributed by atoms with E-state index in [1.165, 1.54) is 6.20 Å². The quantitative estimate of drug-likeness (QED) is 0.623. The Morgan fingerprint density at radius 2 is 2.09 bits per heavy atom. The van der Waals surface area contributed by atoms with Gasteiger partial charge in [0.1, 0.15) is 0 Å². The van der Waals surface area contributed by atoms with E-state index in [-0.39, 0.29) is 18.2 Å². The summed E-state index contributed by atoms with van der Waals surface area (Å²) in [4.78, 5) is 27.6. The predicted molar refractivity (Wildman–Crippen MR) is 92.2 cm³/mol. The van der Waals surface area contributed by atoms with Gasteiger partial charge in [0.05, 0.1) is 12.0 Å². The Hall–Kier alpha value is -2.54. The topological polar surface area (TPSA) is 83.5 Å². The van der Waals surface area contributed by atoms with Crippen molar-refractivity contribution in [3.05, 3.63) is 58.8 Å². The fourth-order valence-corrected chi connectivity index (χ4v) is 2.15. The van der Waals surface area contributed by atoms with Gasteiger partial charge in [-0.25, -0.2) is 5.43 Å². The Labute approximate surface area is 142 Å². The van der Waals surface area contributed by atoms with Crippen molar-refractivity contribution in [3.8, 4) is 0 Å². The van der Waals surface area contributed by atoms with Crippen LogP contribution in [0.4, 0.5) is 5.69 Å². The third-order valence-corrected chi connectivity index (χ3v) is 3.29. The molecule has 1 aromatic heterocycles. The molecule has 0 radical (unpaired) electrons. The molecule has 23 heavy (non-hydrogen) atoms. The Balaban J connectivity index is 1.87. The average molecular weight is 375 g/mol. The molecule has 0 aliphatic carbocycles. The van der Waals surface area contributed by atoms with Gasteiger partial charge in [-0.1, -0.05) is 22.0 Å². The monoisotopic (exact) mass is 374 g/mol. The van der Waals surface area contributed by atoms with Crippen molar-refractivity contribution in [2.75, 3.05) is 5.32 Å². The minimum atomic E-state index is -0.371. The van der Waals surface area contributed by atoms with Gasteiger partial charge >= 0.3 is 0 Å². The predicted octanol–water partition coefficient (Wildman–Crippen LogP) is 2.98. The van der Waals surface area contributed by atoms with Gasteiger partial charge in [-0.2, -0.15) is 5.10 Å². The highest BCUT2D eigenvalue weighted by atomic mass is 79.9. The second-order valence-corrected chi connectivity index (χ2v) is 5.68. The molecule has 0 aliphatic heterocycles. The summed E-state index contributed by atoms with van der Waals surface area (Å²) in [7, 11) is 0. The number of halogens is 1. The number of carbonyl (C=O) groups is 2. The van der Waals surface area contributed by atoms with E-state index < -0.39 is 0 Å². The summed E-state index contributed by atoms with van der Waals surface area (Å²) < 4.78 is 0.879. The molecule has 0 atom stereocenters. The van der Waals surface area contributed by atoms with Gasteiger partial charge in [-0.05, 0) is 37.3 Å². The fraction of sp³-hybridized carbons (Fsp3) is 0.125. The van der Waals surface area contributed by atoms with Crippen LogP contribution in [0.1, 0.15) is 23.7 Å². The first-order chi connectivity index (χ1) is 11.0. The lowest BCUT2D eigenvalue weighted by Crippen LogP contribution is -2.21. The van der Waals surface area contributed by atoms with Crippen molar-refractivity contribution in [2.24, 2.45) is 5.10 Å². The summed E-state index contributed by atoms with van der Waals surface area (Å²) in [5.74, 6) is -0.579. The van der Waals surface area contributed by atoms with E-state index in [1.807, 2.05) is 12.1 Å². The average Bonchev–Trinajstić information content (AvgIpc) is 2.53. The van der Waals surface area contributed by atoms with E-state index in [4.69, 9.17) is 0 Å². The summed E-state index contributed by atoms with van der Waals surface area (Å²) in [6, 6.07) is 10.6. The zero-order chi connectivity index (χ0) is 16.7. The molecule has 118 valence electrons. The third-order valence-electron chi connectivity index (χ3n) is 2.80. The van der Waals surface area contributed by atoms with Crippen LogP contribution >= 0.6 is 15.9 Å². The minimum absolute atomic E-state index is 0.0832. The number of nitrogens with zero attached hydrogens (tertiary/aromatic N) is 2. The number of carbonyl (C=O) groups excluding carboxylic acids is 2. The number of rotatable bonds is 5. The largest absolute Gasteiger partial charge is 0.326 e. The van der Waals surface area contributed by atoms with Crippen LogP contribution in [0.2, 0.25) is 0 Å². The van der Waals surface area contributed by atoms with Gasteiger partial charge in [0.25, 0.3) is 5.91 Å². The number of nitrogens with one attached hydrogen (secondary N) is 2. The van der Waals surface area contributed by atoms with Gasteiger partial charge in [0.15, 0.2) is 0 Å². The second kappa shape index (κ2) is 8.19. The number of benzene rings is 1. The molecule has 2 aromatic rings. The van der Waals surface area contributed by atoms with E-state index in [0.29, 0.717) is 17.0 Å². The van der Waals surface area contributed by atoms with Crippen molar-refractivity contribution in [3.63, 3.8) is 0 Å². The normalized spacial score (nSPS) is 11.0. The standard InChI is InChI=1S/C16H15BrN4O2/c1-11(20-21-16(23)12-4-3-7-18-10-12)8-15(22)19-14-6-2-5-13(17)9-14/h2-7,9-10H,8H2,1H3,(H,19,22)(H,21,23)/b20-11+. The highest BCUT2D eigenvalue weighted by Crippen LogP contribution is 2.15. The van der Waals surface area contributed by atoms with E-state index in [1.54, 1.807) is 37.4 Å². The van der Waals surface area contributed by atoms with Crippen LogP contribution in [0.3, 0.4) is 0 Å². The second-order valence-electron chi connectivity index (χ2n) is 4.77. The summed E-state index contributed by atoms with van der Waals surface area (Å²) in [5.41, 5.74) is 3.99. The Morgan fingerprint density at radius 3 is 2.78 bits per heavy atom. The van der Waals surface area contributed by atoms with Crippen LogP contribution < -0.4 is 10.7 Å². The van der Waals surface area contributed by atoms with Crippen LogP contribution in [0.25, 0.3) is 0 Å². The Bertz CT molecular complexity index is 732. The maximum atomic E-state index is 11.9. The number of aromatic nitrogens is 1. The van der Waals surface area contributed by atoms with Crippen molar-refractivity contribution in [2.45, 2.75) is 13.3 Å². The number of hydrogen-bond acceptors (Lipinski definition) is 4. The van der Waals surface area contributed by atoms with Crippen LogP contribution in [0, 0.1) is 0 Å². The van der Waals surface area contributed by atoms with Crippen LogP contribution in [-0.2, 0) is 4.79 Å². The zero-order valence-corrected chi connectivity index (χ0v) is 14.0. The van der Waals surface area contributed by atoms with Crippen LogP contribution in [0.15, 0.2) is 58.4 Å². The van der Waals surface area contributed by atoms with Gasteiger partial charge < -0.3 is 5.32 Å². The lowest BCUT2D eigenvalue weighted by Gasteiger charge is -2.06. The van der Waals surface area contributed by atoms with Crippen molar-refractivity contribution in [1.82, 2.24) is 10.4 Å². The van der Waals surface area contributed by atoms with Crippen molar-refractivity contribution in [1.29, 1.82) is 0 Å². The van der Waals surface area contributed by atoms with Gasteiger partial charge in [0.2, 0.25) is 5.91 Å². The van der Waals surface area contributed by atoms with E-state index in [2.05, 4.69) is 36.8 Å². The molecule has 2 amide bonds. The Morgan fingerprint density at radius 1 is 1.26 bits per heavy atom. The van der Waals surface area contributed by atoms with Gasteiger partial charge in [-0.15, -0.1) is 0 Å².